The third kappa shape index (κ3) is 8.91. The second kappa shape index (κ2) is 9.41. The van der Waals surface area contributed by atoms with E-state index in [1.54, 1.807) is 0 Å². The quantitative estimate of drug-likeness (QED) is 0.421. The summed E-state index contributed by atoms with van der Waals surface area (Å²) in [4.78, 5) is 0. The van der Waals surface area contributed by atoms with E-state index in [2.05, 4.69) is 13.8 Å². The van der Waals surface area contributed by atoms with Crippen molar-refractivity contribution in [3.05, 3.63) is 0 Å². The van der Waals surface area contributed by atoms with Crippen LogP contribution < -0.4 is 0 Å². The fraction of sp³-hybridized carbons (Fsp3) is 1.00. The molecule has 0 saturated heterocycles. The zero-order valence-corrected chi connectivity index (χ0v) is 8.59. The Morgan fingerprint density at radius 2 is 1.50 bits per heavy atom. The molecule has 0 amide bonds. The van der Waals surface area contributed by atoms with E-state index < -0.39 is 0 Å². The summed E-state index contributed by atoms with van der Waals surface area (Å²) in [6.07, 6.45) is 2.74. The van der Waals surface area contributed by atoms with Crippen molar-refractivity contribution in [2.24, 2.45) is 0 Å². The van der Waals surface area contributed by atoms with Crippen LogP contribution in [0.25, 0.3) is 0 Å². The van der Waals surface area contributed by atoms with Crippen molar-refractivity contribution in [2.75, 3.05) is 12.3 Å². The predicted molar refractivity (Wildman–Crippen MR) is 29.4 cm³/mol. The van der Waals surface area contributed by atoms with Crippen molar-refractivity contribution in [1.82, 2.24) is 0 Å². The molecule has 0 heterocycles. The van der Waals surface area contributed by atoms with Gasteiger partial charge in [0.25, 0.3) is 0 Å². The van der Waals surface area contributed by atoms with Gasteiger partial charge in [-0.15, -0.1) is 8.58 Å². The molecule has 0 unspecified atom stereocenters. The van der Waals surface area contributed by atoms with Gasteiger partial charge in [0.15, 0.2) is 0 Å². The zero-order valence-electron chi connectivity index (χ0n) is 4.62. The average Bonchev–Trinajstić information content (AvgIpc) is 1.41. The largest absolute Gasteiger partial charge is 0.123 e. The van der Waals surface area contributed by atoms with E-state index in [1.165, 1.54) is 20.9 Å². The molecule has 0 aromatic carbocycles. The topological polar surface area (TPSA) is 0 Å². The van der Waals surface area contributed by atoms with E-state index in [4.69, 9.17) is 0 Å². The number of rotatable bonds is 2. The second-order valence-electron chi connectivity index (χ2n) is 0.957. The Balaban J connectivity index is 0. The Labute approximate surface area is 54.6 Å². The first-order valence-electron chi connectivity index (χ1n) is 2.12. The van der Waals surface area contributed by atoms with Crippen molar-refractivity contribution >= 4 is 8.58 Å². The summed E-state index contributed by atoms with van der Waals surface area (Å²) in [5.74, 6) is 0. The summed E-state index contributed by atoms with van der Waals surface area (Å²) in [7, 11) is 1.20. The summed E-state index contributed by atoms with van der Waals surface area (Å²) >= 11 is 0. The maximum absolute atomic E-state index is 2.22. The molecule has 0 saturated carbocycles. The molecule has 0 spiro atoms. The zero-order chi connectivity index (χ0) is 4.12. The Hall–Kier alpha value is 1.05. The minimum Gasteiger partial charge on any atom is -0.123 e. The minimum atomic E-state index is 0. The predicted octanol–water partition coefficient (Wildman–Crippen LogP) is 1.70. The molecule has 34 valence electrons. The molecular weight excluding hydrogens is 144 g/mol. The average molecular weight is 155 g/mol. The molecule has 0 aliphatic heterocycles. The molecule has 0 aliphatic carbocycles. The molecule has 0 bridgehead atoms. The van der Waals surface area contributed by atoms with Crippen LogP contribution in [0.5, 0.6) is 0 Å². The van der Waals surface area contributed by atoms with Crippen LogP contribution in [0, 0.1) is 0 Å². The van der Waals surface area contributed by atoms with E-state index in [-0.39, 0.29) is 19.5 Å². The smallest absolute Gasteiger partial charge is 0 e. The van der Waals surface area contributed by atoms with Crippen molar-refractivity contribution in [2.45, 2.75) is 13.8 Å². The standard InChI is InChI=1S/C4H11P.Zn/c1-3-5-4-2;/h5H,3-4H2,1-2H3;. The van der Waals surface area contributed by atoms with Gasteiger partial charge in [-0.2, -0.15) is 0 Å². The molecule has 0 aliphatic rings. The molecule has 0 radical (unpaired) electrons. The Morgan fingerprint density at radius 3 is 1.50 bits per heavy atom. The first kappa shape index (κ1) is 10.1. The number of hydrogen-bond acceptors (Lipinski definition) is 0. The molecule has 0 nitrogen and oxygen atoms in total. The molecule has 0 aromatic heterocycles. The molecular formula is C4H11PZn. The van der Waals surface area contributed by atoms with Crippen LogP contribution in [0.1, 0.15) is 13.8 Å². The van der Waals surface area contributed by atoms with Crippen LogP contribution in [0.4, 0.5) is 0 Å². The molecule has 0 N–H and O–H groups in total. The fourth-order valence-electron chi connectivity index (χ4n) is 0.250. The van der Waals surface area contributed by atoms with Crippen molar-refractivity contribution < 1.29 is 19.5 Å². The van der Waals surface area contributed by atoms with Crippen LogP contribution >= 0.6 is 8.58 Å². The molecule has 0 rings (SSSR count). The van der Waals surface area contributed by atoms with Crippen molar-refractivity contribution in [1.29, 1.82) is 0 Å². The van der Waals surface area contributed by atoms with Gasteiger partial charge >= 0.3 is 0 Å². The molecule has 6 heavy (non-hydrogen) atoms. The van der Waals surface area contributed by atoms with E-state index in [1.807, 2.05) is 0 Å². The fourth-order valence-corrected chi connectivity index (χ4v) is 0.750. The molecule has 2 heteroatoms. The van der Waals surface area contributed by atoms with Gasteiger partial charge < -0.3 is 0 Å². The number of hydrogen-bond donors (Lipinski definition) is 0. The maximum Gasteiger partial charge on any atom is 0 e. The summed E-state index contributed by atoms with van der Waals surface area (Å²) in [6, 6.07) is 0. The van der Waals surface area contributed by atoms with Crippen LogP contribution in [-0.2, 0) is 19.5 Å². The van der Waals surface area contributed by atoms with E-state index in [9.17, 15) is 0 Å². The van der Waals surface area contributed by atoms with E-state index in [0.717, 1.165) is 0 Å². The van der Waals surface area contributed by atoms with Gasteiger partial charge in [-0.3, -0.25) is 0 Å². The van der Waals surface area contributed by atoms with Gasteiger partial charge in [0, 0.05) is 19.5 Å². The van der Waals surface area contributed by atoms with Crippen LogP contribution in [0.15, 0.2) is 0 Å². The third-order valence-electron chi connectivity index (χ3n) is 0.500. The third-order valence-corrected chi connectivity index (χ3v) is 1.50. The van der Waals surface area contributed by atoms with E-state index in [0.29, 0.717) is 0 Å². The summed E-state index contributed by atoms with van der Waals surface area (Å²) in [6.45, 7) is 4.45. The first-order chi connectivity index (χ1) is 2.41. The summed E-state index contributed by atoms with van der Waals surface area (Å²) in [5.41, 5.74) is 0. The maximum atomic E-state index is 2.22. The van der Waals surface area contributed by atoms with Crippen LogP contribution in [-0.4, -0.2) is 12.3 Å². The Kier molecular flexibility index (Phi) is 15.9. The van der Waals surface area contributed by atoms with Gasteiger partial charge in [-0.25, -0.2) is 0 Å². The summed E-state index contributed by atoms with van der Waals surface area (Å²) in [5, 5.41) is 0. The molecule has 0 aromatic rings. The van der Waals surface area contributed by atoms with Crippen molar-refractivity contribution in [3.63, 3.8) is 0 Å². The molecule has 0 fully saturated rings. The van der Waals surface area contributed by atoms with Gasteiger partial charge in [0.2, 0.25) is 0 Å². The Morgan fingerprint density at radius 1 is 1.17 bits per heavy atom. The first-order valence-corrected chi connectivity index (χ1v) is 3.54. The van der Waals surface area contributed by atoms with Gasteiger partial charge in [-0.05, 0) is 12.3 Å². The van der Waals surface area contributed by atoms with Crippen molar-refractivity contribution in [3.8, 4) is 0 Å². The van der Waals surface area contributed by atoms with E-state index >= 15 is 0 Å². The van der Waals surface area contributed by atoms with Gasteiger partial charge in [-0.1, -0.05) is 13.8 Å². The van der Waals surface area contributed by atoms with Gasteiger partial charge in [0.05, 0.1) is 0 Å². The summed E-state index contributed by atoms with van der Waals surface area (Å²) < 4.78 is 0. The normalized spacial score (nSPS) is 7.00. The molecule has 0 atom stereocenters. The van der Waals surface area contributed by atoms with Crippen LogP contribution in [0.2, 0.25) is 0 Å². The Bertz CT molecular complexity index is 15.0. The second-order valence-corrected chi connectivity index (χ2v) is 2.87. The SMILES string of the molecule is CCPCC.[Zn]. The monoisotopic (exact) mass is 154 g/mol. The minimum absolute atomic E-state index is 0. The van der Waals surface area contributed by atoms with Gasteiger partial charge in [0.1, 0.15) is 0 Å². The van der Waals surface area contributed by atoms with Crippen LogP contribution in [0.3, 0.4) is 0 Å².